The molecule has 0 radical (unpaired) electrons. The Morgan fingerprint density at radius 2 is 2.28 bits per heavy atom. The summed E-state index contributed by atoms with van der Waals surface area (Å²) in [7, 11) is 1.40. The molecule has 0 aromatic carbocycles. The van der Waals surface area contributed by atoms with Crippen molar-refractivity contribution in [3.8, 4) is 5.75 Å². The standard InChI is InChI=1S/C18H20FN3O3/c1-12-6-14(18(23)24-2)10-22(12)17-16(4-3-5-21-17)25-11-13-7-15(19)9-20-8-13/h3-5,7-9,12,14H,6,10-11H2,1-2H3. The van der Waals surface area contributed by atoms with Gasteiger partial charge in [0.1, 0.15) is 12.4 Å². The molecule has 1 fully saturated rings. The number of pyridine rings is 2. The van der Waals surface area contributed by atoms with E-state index < -0.39 is 5.82 Å². The molecule has 2 atom stereocenters. The van der Waals surface area contributed by atoms with E-state index in [2.05, 4.69) is 9.97 Å². The van der Waals surface area contributed by atoms with E-state index in [-0.39, 0.29) is 24.5 Å². The molecule has 3 heterocycles. The lowest BCUT2D eigenvalue weighted by Crippen LogP contribution is -2.29. The number of hydrogen-bond acceptors (Lipinski definition) is 6. The van der Waals surface area contributed by atoms with Crippen LogP contribution < -0.4 is 9.64 Å². The fourth-order valence-corrected chi connectivity index (χ4v) is 3.07. The van der Waals surface area contributed by atoms with E-state index in [1.807, 2.05) is 17.9 Å². The molecule has 6 nitrogen and oxygen atoms in total. The minimum Gasteiger partial charge on any atom is -0.485 e. The molecule has 1 saturated heterocycles. The molecule has 7 heteroatoms. The van der Waals surface area contributed by atoms with E-state index in [4.69, 9.17) is 9.47 Å². The second-order valence-corrected chi connectivity index (χ2v) is 6.08. The number of carbonyl (C=O) groups excluding carboxylic acids is 1. The summed E-state index contributed by atoms with van der Waals surface area (Å²) >= 11 is 0. The minimum absolute atomic E-state index is 0.136. The van der Waals surface area contributed by atoms with Crippen LogP contribution in [0.4, 0.5) is 10.2 Å². The van der Waals surface area contributed by atoms with E-state index >= 15 is 0 Å². The molecule has 25 heavy (non-hydrogen) atoms. The first kappa shape index (κ1) is 17.1. The van der Waals surface area contributed by atoms with Gasteiger partial charge in [-0.1, -0.05) is 0 Å². The molecule has 2 aromatic heterocycles. The van der Waals surface area contributed by atoms with E-state index in [1.165, 1.54) is 13.2 Å². The molecule has 1 aliphatic rings. The van der Waals surface area contributed by atoms with Crippen LogP contribution in [0.25, 0.3) is 0 Å². The van der Waals surface area contributed by atoms with Crippen molar-refractivity contribution >= 4 is 11.8 Å². The SMILES string of the molecule is COC(=O)C1CC(C)N(c2ncccc2OCc2cncc(F)c2)C1. The van der Waals surface area contributed by atoms with Gasteiger partial charge >= 0.3 is 5.97 Å². The van der Waals surface area contributed by atoms with E-state index in [9.17, 15) is 9.18 Å². The van der Waals surface area contributed by atoms with Crippen molar-refractivity contribution in [2.24, 2.45) is 5.92 Å². The smallest absolute Gasteiger partial charge is 0.310 e. The van der Waals surface area contributed by atoms with Crippen molar-refractivity contribution in [1.29, 1.82) is 0 Å². The van der Waals surface area contributed by atoms with Crippen LogP contribution in [0.1, 0.15) is 18.9 Å². The van der Waals surface area contributed by atoms with Crippen molar-refractivity contribution in [3.05, 3.63) is 48.2 Å². The fourth-order valence-electron chi connectivity index (χ4n) is 3.07. The van der Waals surface area contributed by atoms with Crippen LogP contribution in [0.5, 0.6) is 5.75 Å². The zero-order valence-electron chi connectivity index (χ0n) is 14.2. The Morgan fingerprint density at radius 3 is 3.04 bits per heavy atom. The highest BCUT2D eigenvalue weighted by molar-refractivity contribution is 5.74. The Balaban J connectivity index is 1.76. The fraction of sp³-hybridized carbons (Fsp3) is 0.389. The molecule has 0 saturated carbocycles. The maximum atomic E-state index is 13.2. The average molecular weight is 345 g/mol. The van der Waals surface area contributed by atoms with Gasteiger partial charge in [0, 0.05) is 30.5 Å². The Bertz CT molecular complexity index is 756. The predicted octanol–water partition coefficient (Wildman–Crippen LogP) is 2.58. The van der Waals surface area contributed by atoms with Crippen molar-refractivity contribution in [2.45, 2.75) is 26.0 Å². The number of methoxy groups -OCH3 is 1. The van der Waals surface area contributed by atoms with Gasteiger partial charge in [-0.15, -0.1) is 0 Å². The molecule has 0 bridgehead atoms. The third-order valence-electron chi connectivity index (χ3n) is 4.29. The Hall–Kier alpha value is -2.70. The van der Waals surface area contributed by atoms with Gasteiger partial charge in [0.25, 0.3) is 0 Å². The normalized spacial score (nSPS) is 19.7. The molecular formula is C18H20FN3O3. The number of anilines is 1. The zero-order valence-corrected chi connectivity index (χ0v) is 14.2. The molecule has 0 amide bonds. The molecular weight excluding hydrogens is 325 g/mol. The second kappa shape index (κ2) is 7.46. The van der Waals surface area contributed by atoms with Gasteiger partial charge in [0.05, 0.1) is 19.2 Å². The van der Waals surface area contributed by atoms with Gasteiger partial charge < -0.3 is 14.4 Å². The van der Waals surface area contributed by atoms with Gasteiger partial charge in [-0.25, -0.2) is 9.37 Å². The highest BCUT2D eigenvalue weighted by Gasteiger charge is 2.36. The lowest BCUT2D eigenvalue weighted by molar-refractivity contribution is -0.144. The van der Waals surface area contributed by atoms with Crippen LogP contribution in [0.15, 0.2) is 36.8 Å². The average Bonchev–Trinajstić information content (AvgIpc) is 3.01. The summed E-state index contributed by atoms with van der Waals surface area (Å²) in [4.78, 5) is 22.1. The van der Waals surface area contributed by atoms with Gasteiger partial charge in [0.2, 0.25) is 0 Å². The summed E-state index contributed by atoms with van der Waals surface area (Å²) in [5.41, 5.74) is 0.636. The van der Waals surface area contributed by atoms with E-state index in [1.54, 1.807) is 18.5 Å². The van der Waals surface area contributed by atoms with Gasteiger partial charge in [-0.2, -0.15) is 0 Å². The van der Waals surface area contributed by atoms with Crippen LogP contribution >= 0.6 is 0 Å². The molecule has 0 aliphatic carbocycles. The van der Waals surface area contributed by atoms with E-state index in [0.717, 1.165) is 6.20 Å². The van der Waals surface area contributed by atoms with Crippen LogP contribution in [0, 0.1) is 11.7 Å². The highest BCUT2D eigenvalue weighted by Crippen LogP contribution is 2.34. The van der Waals surface area contributed by atoms with Crippen molar-refractivity contribution in [2.75, 3.05) is 18.6 Å². The summed E-state index contributed by atoms with van der Waals surface area (Å²) in [6, 6.07) is 5.11. The number of nitrogens with zero attached hydrogens (tertiary/aromatic N) is 3. The topological polar surface area (TPSA) is 64.5 Å². The monoisotopic (exact) mass is 345 g/mol. The third-order valence-corrected chi connectivity index (χ3v) is 4.29. The second-order valence-electron chi connectivity index (χ2n) is 6.08. The van der Waals surface area contributed by atoms with Crippen LogP contribution in [-0.4, -0.2) is 35.6 Å². The predicted molar refractivity (Wildman–Crippen MR) is 89.7 cm³/mol. The molecule has 1 aliphatic heterocycles. The first-order valence-electron chi connectivity index (χ1n) is 8.10. The van der Waals surface area contributed by atoms with Gasteiger partial charge in [0.15, 0.2) is 11.6 Å². The molecule has 0 spiro atoms. The first-order valence-corrected chi connectivity index (χ1v) is 8.10. The van der Waals surface area contributed by atoms with Crippen LogP contribution in [0.2, 0.25) is 0 Å². The number of halogens is 1. The molecule has 3 rings (SSSR count). The zero-order chi connectivity index (χ0) is 17.8. The minimum atomic E-state index is -0.401. The quantitative estimate of drug-likeness (QED) is 0.776. The number of rotatable bonds is 5. The third kappa shape index (κ3) is 3.87. The number of ether oxygens (including phenoxy) is 2. The Morgan fingerprint density at radius 1 is 1.44 bits per heavy atom. The lowest BCUT2D eigenvalue weighted by atomic mass is 10.1. The van der Waals surface area contributed by atoms with Crippen LogP contribution in [-0.2, 0) is 16.1 Å². The van der Waals surface area contributed by atoms with Gasteiger partial charge in [-0.3, -0.25) is 9.78 Å². The molecule has 0 N–H and O–H groups in total. The largest absolute Gasteiger partial charge is 0.485 e. The molecule has 2 aromatic rings. The number of carbonyl (C=O) groups is 1. The Kier molecular flexibility index (Phi) is 5.11. The summed E-state index contributed by atoms with van der Waals surface area (Å²) < 4.78 is 23.9. The van der Waals surface area contributed by atoms with Crippen molar-refractivity contribution in [1.82, 2.24) is 9.97 Å². The maximum absolute atomic E-state index is 13.2. The number of aromatic nitrogens is 2. The van der Waals surface area contributed by atoms with Gasteiger partial charge in [-0.05, 0) is 31.5 Å². The first-order chi connectivity index (χ1) is 12.1. The Labute approximate surface area is 145 Å². The van der Waals surface area contributed by atoms with Crippen molar-refractivity contribution < 1.29 is 18.7 Å². The summed E-state index contributed by atoms with van der Waals surface area (Å²) in [5, 5.41) is 0. The highest BCUT2D eigenvalue weighted by atomic mass is 19.1. The summed E-state index contributed by atoms with van der Waals surface area (Å²) in [5.74, 6) is 0.470. The van der Waals surface area contributed by atoms with Crippen molar-refractivity contribution in [3.63, 3.8) is 0 Å². The molecule has 2 unspecified atom stereocenters. The van der Waals surface area contributed by atoms with Crippen LogP contribution in [0.3, 0.4) is 0 Å². The number of esters is 1. The maximum Gasteiger partial charge on any atom is 0.310 e. The van der Waals surface area contributed by atoms with E-state index in [0.29, 0.717) is 30.1 Å². The summed E-state index contributed by atoms with van der Waals surface area (Å²) in [6.45, 7) is 2.76. The summed E-state index contributed by atoms with van der Waals surface area (Å²) in [6.07, 6.45) is 5.10. The number of hydrogen-bond donors (Lipinski definition) is 0. The lowest BCUT2D eigenvalue weighted by Gasteiger charge is -2.24. The molecule has 132 valence electrons.